The van der Waals surface area contributed by atoms with E-state index < -0.39 is 0 Å². The van der Waals surface area contributed by atoms with Crippen molar-refractivity contribution in [1.29, 1.82) is 0 Å². The van der Waals surface area contributed by atoms with Crippen LogP contribution in [0.3, 0.4) is 0 Å². The van der Waals surface area contributed by atoms with Crippen LogP contribution in [-0.2, 0) is 9.59 Å². The number of likely N-dealkylation sites (tertiary alicyclic amines) is 1. The normalized spacial score (nSPS) is 21.6. The summed E-state index contributed by atoms with van der Waals surface area (Å²) in [4.78, 5) is 25.6. The van der Waals surface area contributed by atoms with Gasteiger partial charge in [-0.3, -0.25) is 9.59 Å². The Hall–Kier alpha value is -1.10. The van der Waals surface area contributed by atoms with Crippen molar-refractivity contribution in [3.63, 3.8) is 0 Å². The van der Waals surface area contributed by atoms with Crippen LogP contribution in [0.15, 0.2) is 0 Å². The second kappa shape index (κ2) is 6.37. The molecule has 0 spiro atoms. The minimum absolute atomic E-state index is 0.0122. The molecule has 0 atom stereocenters. The number of nitrogens with zero attached hydrogens (tertiary/aromatic N) is 1. The second-order valence-electron chi connectivity index (χ2n) is 5.95. The zero-order valence-electron chi connectivity index (χ0n) is 11.6. The van der Waals surface area contributed by atoms with E-state index in [9.17, 15) is 9.59 Å². The van der Waals surface area contributed by atoms with Crippen LogP contribution < -0.4 is 11.1 Å². The Morgan fingerprint density at radius 3 is 2.32 bits per heavy atom. The van der Waals surface area contributed by atoms with Crippen molar-refractivity contribution in [2.75, 3.05) is 26.2 Å². The smallest absolute Gasteiger partial charge is 0.241 e. The Bertz CT molecular complexity index is 328. The fraction of sp³-hybridized carbons (Fsp3) is 0.857. The first-order valence-electron chi connectivity index (χ1n) is 7.40. The summed E-state index contributed by atoms with van der Waals surface area (Å²) in [6.45, 7) is 2.38. The van der Waals surface area contributed by atoms with Gasteiger partial charge in [0, 0.05) is 19.5 Å². The number of nitrogens with two attached hydrogens (primary N) is 1. The van der Waals surface area contributed by atoms with E-state index in [0.29, 0.717) is 13.0 Å². The van der Waals surface area contributed by atoms with Gasteiger partial charge < -0.3 is 16.0 Å². The highest BCUT2D eigenvalue weighted by molar-refractivity contribution is 5.85. The molecule has 2 fully saturated rings. The van der Waals surface area contributed by atoms with Crippen molar-refractivity contribution in [2.24, 2.45) is 11.1 Å². The van der Waals surface area contributed by atoms with Crippen LogP contribution in [0, 0.1) is 5.41 Å². The van der Waals surface area contributed by atoms with Gasteiger partial charge in [-0.15, -0.1) is 0 Å². The highest BCUT2D eigenvalue weighted by atomic mass is 16.2. The summed E-state index contributed by atoms with van der Waals surface area (Å²) < 4.78 is 0. The summed E-state index contributed by atoms with van der Waals surface area (Å²) in [6.07, 6.45) is 7.07. The predicted octanol–water partition coefficient (Wildman–Crippen LogP) is 0.634. The zero-order chi connectivity index (χ0) is 13.7. The van der Waals surface area contributed by atoms with E-state index in [1.54, 1.807) is 0 Å². The molecule has 0 unspecified atom stereocenters. The molecule has 2 amide bonds. The average molecular weight is 267 g/mol. The molecule has 0 radical (unpaired) electrons. The number of hydrogen-bond donors (Lipinski definition) is 2. The molecule has 0 aromatic heterocycles. The van der Waals surface area contributed by atoms with E-state index in [4.69, 9.17) is 5.73 Å². The second-order valence-corrected chi connectivity index (χ2v) is 5.95. The van der Waals surface area contributed by atoms with Gasteiger partial charge in [0.15, 0.2) is 0 Å². The molecule has 0 bridgehead atoms. The molecule has 3 N–H and O–H groups in total. The zero-order valence-corrected chi connectivity index (χ0v) is 11.6. The summed E-state index contributed by atoms with van der Waals surface area (Å²) in [5, 5.41) is 2.75. The summed E-state index contributed by atoms with van der Waals surface area (Å²) in [5.74, 6) is 0.0129. The minimum Gasteiger partial charge on any atom is -0.347 e. The maximum Gasteiger partial charge on any atom is 0.241 e. The van der Waals surface area contributed by atoms with Gasteiger partial charge in [-0.25, -0.2) is 0 Å². The molecular formula is C14H25N3O2. The van der Waals surface area contributed by atoms with Crippen molar-refractivity contribution in [1.82, 2.24) is 10.2 Å². The Morgan fingerprint density at radius 1 is 1.11 bits per heavy atom. The van der Waals surface area contributed by atoms with Crippen molar-refractivity contribution < 1.29 is 9.59 Å². The van der Waals surface area contributed by atoms with E-state index in [1.165, 1.54) is 6.42 Å². The summed E-state index contributed by atoms with van der Waals surface area (Å²) in [7, 11) is 0. The molecule has 108 valence electrons. The van der Waals surface area contributed by atoms with Gasteiger partial charge in [0.05, 0.1) is 6.54 Å². The van der Waals surface area contributed by atoms with Crippen molar-refractivity contribution in [3.05, 3.63) is 0 Å². The van der Waals surface area contributed by atoms with Gasteiger partial charge in [0.2, 0.25) is 11.8 Å². The SMILES string of the molecule is NCC1(CC(=O)NCC(=O)N2CCCCC2)CCC1. The van der Waals surface area contributed by atoms with Crippen LogP contribution in [0.2, 0.25) is 0 Å². The van der Waals surface area contributed by atoms with Crippen molar-refractivity contribution in [3.8, 4) is 0 Å². The van der Waals surface area contributed by atoms with E-state index in [1.807, 2.05) is 4.90 Å². The van der Waals surface area contributed by atoms with Gasteiger partial charge in [-0.05, 0) is 44.1 Å². The Kier molecular flexibility index (Phi) is 4.80. The van der Waals surface area contributed by atoms with Crippen LogP contribution in [-0.4, -0.2) is 42.9 Å². The predicted molar refractivity (Wildman–Crippen MR) is 73.4 cm³/mol. The number of piperidine rings is 1. The third-order valence-corrected chi connectivity index (χ3v) is 4.53. The average Bonchev–Trinajstić information content (AvgIpc) is 2.41. The Labute approximate surface area is 114 Å². The molecule has 1 saturated heterocycles. The third-order valence-electron chi connectivity index (χ3n) is 4.53. The highest BCUT2D eigenvalue weighted by Gasteiger charge is 2.37. The van der Waals surface area contributed by atoms with Gasteiger partial charge in [0.1, 0.15) is 0 Å². The lowest BCUT2D eigenvalue weighted by molar-refractivity contribution is -0.134. The largest absolute Gasteiger partial charge is 0.347 e. The van der Waals surface area contributed by atoms with E-state index in [2.05, 4.69) is 5.32 Å². The van der Waals surface area contributed by atoms with Crippen molar-refractivity contribution >= 4 is 11.8 Å². The van der Waals surface area contributed by atoms with E-state index in [0.717, 1.165) is 45.2 Å². The summed E-state index contributed by atoms with van der Waals surface area (Å²) in [6, 6.07) is 0. The quantitative estimate of drug-likeness (QED) is 0.767. The molecule has 2 aliphatic rings. The molecule has 5 nitrogen and oxygen atoms in total. The molecule has 19 heavy (non-hydrogen) atoms. The van der Waals surface area contributed by atoms with Crippen LogP contribution in [0.1, 0.15) is 44.9 Å². The minimum atomic E-state index is -0.0319. The van der Waals surface area contributed by atoms with Gasteiger partial charge >= 0.3 is 0 Å². The topological polar surface area (TPSA) is 75.4 Å². The molecule has 1 saturated carbocycles. The molecule has 1 heterocycles. The van der Waals surface area contributed by atoms with Crippen LogP contribution >= 0.6 is 0 Å². The van der Waals surface area contributed by atoms with Crippen LogP contribution in [0.5, 0.6) is 0 Å². The number of amides is 2. The molecule has 5 heteroatoms. The number of rotatable bonds is 5. The van der Waals surface area contributed by atoms with Gasteiger partial charge in [-0.1, -0.05) is 6.42 Å². The molecule has 1 aliphatic carbocycles. The number of hydrogen-bond acceptors (Lipinski definition) is 3. The van der Waals surface area contributed by atoms with Crippen LogP contribution in [0.25, 0.3) is 0 Å². The standard InChI is InChI=1S/C14H25N3O2/c15-11-14(5-4-6-14)9-12(18)16-10-13(19)17-7-2-1-3-8-17/h1-11,15H2,(H,16,18). The highest BCUT2D eigenvalue weighted by Crippen LogP contribution is 2.42. The maximum absolute atomic E-state index is 11.9. The first kappa shape index (κ1) is 14.3. The Balaban J connectivity index is 1.69. The van der Waals surface area contributed by atoms with Crippen molar-refractivity contribution in [2.45, 2.75) is 44.9 Å². The van der Waals surface area contributed by atoms with Crippen LogP contribution in [0.4, 0.5) is 0 Å². The molecule has 1 aliphatic heterocycles. The molecule has 2 rings (SSSR count). The first-order chi connectivity index (χ1) is 9.15. The third kappa shape index (κ3) is 3.69. The monoisotopic (exact) mass is 267 g/mol. The summed E-state index contributed by atoms with van der Waals surface area (Å²) in [5.41, 5.74) is 5.75. The lowest BCUT2D eigenvalue weighted by atomic mass is 9.66. The summed E-state index contributed by atoms with van der Waals surface area (Å²) >= 11 is 0. The lowest BCUT2D eigenvalue weighted by Crippen LogP contribution is -2.45. The molecule has 0 aromatic rings. The first-order valence-corrected chi connectivity index (χ1v) is 7.40. The maximum atomic E-state index is 11.9. The Morgan fingerprint density at radius 2 is 1.79 bits per heavy atom. The van der Waals surface area contributed by atoms with E-state index >= 15 is 0 Å². The van der Waals surface area contributed by atoms with E-state index in [-0.39, 0.29) is 23.8 Å². The molecule has 0 aromatic carbocycles. The fourth-order valence-corrected chi connectivity index (χ4v) is 2.96. The molecular weight excluding hydrogens is 242 g/mol. The lowest BCUT2D eigenvalue weighted by Gasteiger charge is -2.40. The fourth-order valence-electron chi connectivity index (χ4n) is 2.96. The number of carbonyl (C=O) groups is 2. The van der Waals surface area contributed by atoms with Gasteiger partial charge in [0.25, 0.3) is 0 Å². The van der Waals surface area contributed by atoms with Gasteiger partial charge in [-0.2, -0.15) is 0 Å². The number of nitrogens with one attached hydrogen (secondary N) is 1. The number of carbonyl (C=O) groups excluding carboxylic acids is 2.